The molecule has 3 rings (SSSR count). The second-order valence-electron chi connectivity index (χ2n) is 6.58. The normalized spacial score (nSPS) is 16.0. The van der Waals surface area contributed by atoms with Gasteiger partial charge in [-0.3, -0.25) is 4.79 Å². The van der Waals surface area contributed by atoms with Crippen molar-refractivity contribution >= 4 is 26.0 Å². The lowest BCUT2D eigenvalue weighted by Gasteiger charge is -2.34. The van der Waals surface area contributed by atoms with Crippen molar-refractivity contribution in [3.63, 3.8) is 0 Å². The van der Waals surface area contributed by atoms with E-state index in [1.807, 2.05) is 0 Å². The van der Waals surface area contributed by atoms with E-state index in [2.05, 4.69) is 0 Å². The molecule has 29 heavy (non-hydrogen) atoms. The molecule has 156 valence electrons. The number of hydrogen-bond donors (Lipinski definition) is 1. The van der Waals surface area contributed by atoms with Gasteiger partial charge < -0.3 is 4.90 Å². The number of primary sulfonamides is 1. The number of nitrogens with zero attached hydrogens (tertiary/aromatic N) is 2. The minimum atomic E-state index is -3.97. The summed E-state index contributed by atoms with van der Waals surface area (Å²) in [4.78, 5) is 13.6. The Kier molecular flexibility index (Phi) is 6.03. The Hall–Kier alpha value is -2.34. The highest BCUT2D eigenvalue weighted by Crippen LogP contribution is 2.20. The van der Waals surface area contributed by atoms with Crippen LogP contribution < -0.4 is 5.14 Å². The first-order chi connectivity index (χ1) is 13.6. The third kappa shape index (κ3) is 4.81. The Labute approximate surface area is 168 Å². The Morgan fingerprint density at radius 3 is 2.07 bits per heavy atom. The van der Waals surface area contributed by atoms with Gasteiger partial charge >= 0.3 is 0 Å². The topological polar surface area (TPSA) is 118 Å². The van der Waals surface area contributed by atoms with E-state index in [-0.39, 0.29) is 48.3 Å². The predicted octanol–water partition coefficient (Wildman–Crippen LogP) is 0.549. The highest BCUT2D eigenvalue weighted by molar-refractivity contribution is 7.89. The van der Waals surface area contributed by atoms with Crippen LogP contribution in [-0.2, 0) is 31.3 Å². The molecular weight excluding hydrogens is 421 g/mol. The molecule has 1 fully saturated rings. The first-order valence-electron chi connectivity index (χ1n) is 8.73. The Balaban J connectivity index is 1.62. The van der Waals surface area contributed by atoms with Crippen molar-refractivity contribution < 1.29 is 26.0 Å². The Morgan fingerprint density at radius 1 is 0.931 bits per heavy atom. The Bertz CT molecular complexity index is 1110. The molecule has 1 aliphatic heterocycles. The molecule has 1 amide bonds. The van der Waals surface area contributed by atoms with Gasteiger partial charge in [-0.25, -0.2) is 26.4 Å². The van der Waals surface area contributed by atoms with E-state index in [1.54, 1.807) is 0 Å². The summed E-state index contributed by atoms with van der Waals surface area (Å²) < 4.78 is 62.8. The van der Waals surface area contributed by atoms with Crippen LogP contribution in [0.5, 0.6) is 0 Å². The zero-order valence-corrected chi connectivity index (χ0v) is 17.0. The maximum absolute atomic E-state index is 13.9. The molecule has 0 atom stereocenters. The molecule has 0 aromatic heterocycles. The SMILES string of the molecule is NS(=O)(=O)c1ccc(CC(=O)N2CCN(S(=O)(=O)c3ccccc3F)CC2)cc1. The maximum atomic E-state index is 13.9. The molecule has 8 nitrogen and oxygen atoms in total. The molecule has 1 aliphatic rings. The van der Waals surface area contributed by atoms with Gasteiger partial charge in [-0.2, -0.15) is 4.31 Å². The van der Waals surface area contributed by atoms with Gasteiger partial charge in [0.05, 0.1) is 11.3 Å². The number of benzene rings is 2. The monoisotopic (exact) mass is 441 g/mol. The summed E-state index contributed by atoms with van der Waals surface area (Å²) in [6.07, 6.45) is 0.0466. The van der Waals surface area contributed by atoms with Gasteiger partial charge in [0.25, 0.3) is 0 Å². The van der Waals surface area contributed by atoms with E-state index in [4.69, 9.17) is 5.14 Å². The van der Waals surface area contributed by atoms with Crippen molar-refractivity contribution in [3.8, 4) is 0 Å². The third-order valence-corrected chi connectivity index (χ3v) is 7.51. The molecule has 11 heteroatoms. The zero-order chi connectivity index (χ0) is 21.2. The van der Waals surface area contributed by atoms with Crippen LogP contribution in [0.3, 0.4) is 0 Å². The van der Waals surface area contributed by atoms with E-state index in [9.17, 15) is 26.0 Å². The molecule has 0 bridgehead atoms. The molecule has 2 aromatic carbocycles. The number of piperazine rings is 1. The van der Waals surface area contributed by atoms with E-state index < -0.39 is 25.9 Å². The summed E-state index contributed by atoms with van der Waals surface area (Å²) in [7, 11) is -7.77. The summed E-state index contributed by atoms with van der Waals surface area (Å²) in [6, 6.07) is 10.9. The number of amides is 1. The Morgan fingerprint density at radius 2 is 1.52 bits per heavy atom. The minimum Gasteiger partial charge on any atom is -0.340 e. The standard InChI is InChI=1S/C18H20FN3O5S2/c19-16-3-1-2-4-17(16)29(26,27)22-11-9-21(10-12-22)18(23)13-14-5-7-15(8-6-14)28(20,24)25/h1-8H,9-13H2,(H2,20,24,25). The quantitative estimate of drug-likeness (QED) is 0.727. The molecule has 2 N–H and O–H groups in total. The summed E-state index contributed by atoms with van der Waals surface area (Å²) in [5, 5.41) is 5.04. The second kappa shape index (κ2) is 8.19. The van der Waals surface area contributed by atoms with Gasteiger partial charge in [-0.05, 0) is 29.8 Å². The molecule has 0 radical (unpaired) electrons. The third-order valence-electron chi connectivity index (χ3n) is 4.65. The molecule has 0 aliphatic carbocycles. The van der Waals surface area contributed by atoms with Crippen molar-refractivity contribution in [2.75, 3.05) is 26.2 Å². The summed E-state index contributed by atoms with van der Waals surface area (Å²) >= 11 is 0. The van der Waals surface area contributed by atoms with Crippen LogP contribution in [0, 0.1) is 5.82 Å². The molecule has 1 heterocycles. The van der Waals surface area contributed by atoms with E-state index in [0.717, 1.165) is 10.4 Å². The molecule has 1 saturated heterocycles. The smallest absolute Gasteiger partial charge is 0.246 e. The number of nitrogens with two attached hydrogens (primary N) is 1. The lowest BCUT2D eigenvalue weighted by Crippen LogP contribution is -2.51. The maximum Gasteiger partial charge on any atom is 0.246 e. The predicted molar refractivity (Wildman–Crippen MR) is 103 cm³/mol. The highest BCUT2D eigenvalue weighted by Gasteiger charge is 2.31. The molecular formula is C18H20FN3O5S2. The van der Waals surface area contributed by atoms with Crippen LogP contribution in [0.2, 0.25) is 0 Å². The average Bonchev–Trinajstić information content (AvgIpc) is 2.68. The summed E-state index contributed by atoms with van der Waals surface area (Å²) in [6.45, 7) is 0.489. The van der Waals surface area contributed by atoms with Gasteiger partial charge in [0.1, 0.15) is 10.7 Å². The summed E-state index contributed by atoms with van der Waals surface area (Å²) in [5.74, 6) is -1.02. The van der Waals surface area contributed by atoms with Crippen molar-refractivity contribution in [2.24, 2.45) is 5.14 Å². The van der Waals surface area contributed by atoms with Crippen molar-refractivity contribution in [1.82, 2.24) is 9.21 Å². The van der Waals surface area contributed by atoms with E-state index in [0.29, 0.717) is 5.56 Å². The number of hydrogen-bond acceptors (Lipinski definition) is 5. The summed E-state index contributed by atoms with van der Waals surface area (Å²) in [5.41, 5.74) is 0.615. The van der Waals surface area contributed by atoms with Crippen molar-refractivity contribution in [3.05, 3.63) is 59.9 Å². The van der Waals surface area contributed by atoms with Crippen molar-refractivity contribution in [2.45, 2.75) is 16.2 Å². The number of sulfonamides is 2. The molecule has 0 unspecified atom stereocenters. The lowest BCUT2D eigenvalue weighted by atomic mass is 10.1. The van der Waals surface area contributed by atoms with Crippen LogP contribution in [0.4, 0.5) is 4.39 Å². The first kappa shape index (κ1) is 21.4. The van der Waals surface area contributed by atoms with Crippen LogP contribution in [-0.4, -0.2) is 58.1 Å². The molecule has 0 saturated carbocycles. The fraction of sp³-hybridized carbons (Fsp3) is 0.278. The van der Waals surface area contributed by atoms with Gasteiger partial charge in [0.2, 0.25) is 26.0 Å². The highest BCUT2D eigenvalue weighted by atomic mass is 32.2. The van der Waals surface area contributed by atoms with Gasteiger partial charge in [-0.1, -0.05) is 24.3 Å². The van der Waals surface area contributed by atoms with E-state index >= 15 is 0 Å². The zero-order valence-electron chi connectivity index (χ0n) is 15.4. The number of halogens is 1. The molecule has 0 spiro atoms. The van der Waals surface area contributed by atoms with Crippen LogP contribution in [0.25, 0.3) is 0 Å². The minimum absolute atomic E-state index is 0.0411. The number of rotatable bonds is 5. The van der Waals surface area contributed by atoms with Crippen LogP contribution in [0.1, 0.15) is 5.56 Å². The first-order valence-corrected chi connectivity index (χ1v) is 11.7. The fourth-order valence-electron chi connectivity index (χ4n) is 3.05. The van der Waals surface area contributed by atoms with Crippen LogP contribution >= 0.6 is 0 Å². The van der Waals surface area contributed by atoms with Gasteiger partial charge in [0.15, 0.2) is 0 Å². The van der Waals surface area contributed by atoms with Crippen LogP contribution in [0.15, 0.2) is 58.3 Å². The van der Waals surface area contributed by atoms with Gasteiger partial charge in [-0.15, -0.1) is 0 Å². The molecule has 2 aromatic rings. The fourth-order valence-corrected chi connectivity index (χ4v) is 5.06. The second-order valence-corrected chi connectivity index (χ2v) is 10.0. The van der Waals surface area contributed by atoms with Crippen molar-refractivity contribution in [1.29, 1.82) is 0 Å². The lowest BCUT2D eigenvalue weighted by molar-refractivity contribution is -0.131. The number of carbonyl (C=O) groups is 1. The van der Waals surface area contributed by atoms with Gasteiger partial charge in [0, 0.05) is 26.2 Å². The number of carbonyl (C=O) groups excluding carboxylic acids is 1. The largest absolute Gasteiger partial charge is 0.340 e. The van der Waals surface area contributed by atoms with E-state index in [1.165, 1.54) is 47.4 Å². The average molecular weight is 442 g/mol.